The van der Waals surface area contributed by atoms with Gasteiger partial charge in [-0.2, -0.15) is 0 Å². The van der Waals surface area contributed by atoms with Gasteiger partial charge in [0.25, 0.3) is 0 Å². The Labute approximate surface area is 205 Å². The minimum atomic E-state index is -0.749. The van der Waals surface area contributed by atoms with Gasteiger partial charge in [0.2, 0.25) is 11.8 Å². The quantitative estimate of drug-likeness (QED) is 0.129. The Bertz CT molecular complexity index is 443. The summed E-state index contributed by atoms with van der Waals surface area (Å²) in [5, 5.41) is 5.79. The van der Waals surface area contributed by atoms with Gasteiger partial charge in [-0.05, 0) is 12.8 Å². The van der Waals surface area contributed by atoms with E-state index in [2.05, 4.69) is 24.5 Å². The number of hydrogen-bond donors (Lipinski definition) is 3. The van der Waals surface area contributed by atoms with Crippen LogP contribution in [0.2, 0.25) is 0 Å². The fraction of sp³-hybridized carbons (Fsp3) is 0.929. The lowest BCUT2D eigenvalue weighted by atomic mass is 10.1. The third-order valence-electron chi connectivity index (χ3n) is 6.42. The topological polar surface area (TPSA) is 84.2 Å². The van der Waals surface area contributed by atoms with E-state index in [1.165, 1.54) is 103 Å². The summed E-state index contributed by atoms with van der Waals surface area (Å²) in [6.07, 6.45) is 25.6. The predicted octanol–water partition coefficient (Wildman–Crippen LogP) is 6.78. The molecule has 33 heavy (non-hydrogen) atoms. The van der Waals surface area contributed by atoms with Crippen LogP contribution in [0.15, 0.2) is 0 Å². The molecule has 0 aliphatic carbocycles. The standard InChI is InChI=1S/C28H57N3O2/c1-3-5-7-9-11-13-15-17-19-21-23-30-27(32)25-26(29)28(33)31-24-22-20-18-16-14-12-10-8-6-4-2/h26H,3-25,29H2,1-2H3,(H,30,32)(H,31,33). The lowest BCUT2D eigenvalue weighted by molar-refractivity contribution is -0.127. The van der Waals surface area contributed by atoms with Crippen LogP contribution in [0.1, 0.15) is 149 Å². The number of rotatable bonds is 25. The van der Waals surface area contributed by atoms with Crippen molar-refractivity contribution in [2.24, 2.45) is 5.73 Å². The van der Waals surface area contributed by atoms with Crippen LogP contribution in [0.4, 0.5) is 0 Å². The zero-order chi connectivity index (χ0) is 24.4. The molecule has 0 saturated carbocycles. The average Bonchev–Trinajstić information content (AvgIpc) is 2.80. The van der Waals surface area contributed by atoms with Crippen LogP contribution in [0, 0.1) is 0 Å². The molecule has 0 aliphatic heterocycles. The van der Waals surface area contributed by atoms with Gasteiger partial charge in [-0.3, -0.25) is 9.59 Å². The molecule has 0 bridgehead atoms. The molecule has 2 amide bonds. The molecule has 196 valence electrons. The SMILES string of the molecule is CCCCCCCCCCCCNC(=O)CC(N)C(=O)NCCCCCCCCCCCC. The maximum Gasteiger partial charge on any atom is 0.237 e. The normalized spacial score (nSPS) is 12.0. The molecule has 0 aromatic carbocycles. The number of nitrogens with two attached hydrogens (primary N) is 1. The number of hydrogen-bond acceptors (Lipinski definition) is 3. The van der Waals surface area contributed by atoms with Gasteiger partial charge in [0.05, 0.1) is 12.5 Å². The molecule has 1 unspecified atom stereocenters. The minimum Gasteiger partial charge on any atom is -0.356 e. The third-order valence-corrected chi connectivity index (χ3v) is 6.42. The van der Waals surface area contributed by atoms with Crippen molar-refractivity contribution in [3.05, 3.63) is 0 Å². The molecule has 0 radical (unpaired) electrons. The van der Waals surface area contributed by atoms with Gasteiger partial charge >= 0.3 is 0 Å². The van der Waals surface area contributed by atoms with E-state index in [0.717, 1.165) is 25.7 Å². The smallest absolute Gasteiger partial charge is 0.237 e. The van der Waals surface area contributed by atoms with Gasteiger partial charge < -0.3 is 16.4 Å². The summed E-state index contributed by atoms with van der Waals surface area (Å²) in [6.45, 7) is 5.84. The number of amides is 2. The van der Waals surface area contributed by atoms with Crippen LogP contribution < -0.4 is 16.4 Å². The maximum absolute atomic E-state index is 12.1. The Hall–Kier alpha value is -1.10. The number of carbonyl (C=O) groups is 2. The summed E-state index contributed by atoms with van der Waals surface area (Å²) in [6, 6.07) is -0.749. The minimum absolute atomic E-state index is 0.0711. The van der Waals surface area contributed by atoms with E-state index in [-0.39, 0.29) is 18.2 Å². The highest BCUT2D eigenvalue weighted by Crippen LogP contribution is 2.11. The largest absolute Gasteiger partial charge is 0.356 e. The highest BCUT2D eigenvalue weighted by atomic mass is 16.2. The lowest BCUT2D eigenvalue weighted by Gasteiger charge is -2.12. The first-order valence-electron chi connectivity index (χ1n) is 14.4. The van der Waals surface area contributed by atoms with Crippen molar-refractivity contribution in [3.63, 3.8) is 0 Å². The molecular formula is C28H57N3O2. The molecule has 5 heteroatoms. The Morgan fingerprint density at radius 3 is 1.27 bits per heavy atom. The maximum atomic E-state index is 12.1. The summed E-state index contributed by atoms with van der Waals surface area (Å²) >= 11 is 0. The van der Waals surface area contributed by atoms with Gasteiger partial charge in [0, 0.05) is 13.1 Å². The molecule has 0 saturated heterocycles. The van der Waals surface area contributed by atoms with Crippen molar-refractivity contribution < 1.29 is 9.59 Å². The van der Waals surface area contributed by atoms with Crippen molar-refractivity contribution in [1.82, 2.24) is 10.6 Å². The first kappa shape index (κ1) is 31.9. The highest BCUT2D eigenvalue weighted by Gasteiger charge is 2.16. The van der Waals surface area contributed by atoms with Crippen molar-refractivity contribution in [2.45, 2.75) is 155 Å². The Balaban J connectivity index is 3.46. The molecule has 1 atom stereocenters. The summed E-state index contributed by atoms with van der Waals surface area (Å²) in [7, 11) is 0. The molecule has 4 N–H and O–H groups in total. The van der Waals surface area contributed by atoms with Crippen LogP contribution in [-0.4, -0.2) is 30.9 Å². The Morgan fingerprint density at radius 1 is 0.545 bits per heavy atom. The van der Waals surface area contributed by atoms with Crippen molar-refractivity contribution in [1.29, 1.82) is 0 Å². The lowest BCUT2D eigenvalue weighted by Crippen LogP contribution is -2.44. The van der Waals surface area contributed by atoms with Gasteiger partial charge in [0.15, 0.2) is 0 Å². The monoisotopic (exact) mass is 467 g/mol. The van der Waals surface area contributed by atoms with Crippen LogP contribution in [0.5, 0.6) is 0 Å². The molecular weight excluding hydrogens is 410 g/mol. The van der Waals surface area contributed by atoms with Crippen LogP contribution in [-0.2, 0) is 9.59 Å². The van der Waals surface area contributed by atoms with E-state index in [1.54, 1.807) is 0 Å². The van der Waals surface area contributed by atoms with E-state index in [9.17, 15) is 9.59 Å². The van der Waals surface area contributed by atoms with Crippen LogP contribution >= 0.6 is 0 Å². The third kappa shape index (κ3) is 23.8. The highest BCUT2D eigenvalue weighted by molar-refractivity contribution is 5.88. The summed E-state index contributed by atoms with van der Waals surface area (Å²) < 4.78 is 0. The molecule has 0 aromatic heterocycles. The van der Waals surface area contributed by atoms with E-state index in [1.807, 2.05) is 0 Å². The summed E-state index contributed by atoms with van der Waals surface area (Å²) in [5.41, 5.74) is 5.90. The van der Waals surface area contributed by atoms with Gasteiger partial charge in [0.1, 0.15) is 0 Å². The Morgan fingerprint density at radius 2 is 0.879 bits per heavy atom. The van der Waals surface area contributed by atoms with E-state index >= 15 is 0 Å². The molecule has 0 rings (SSSR count). The first-order chi connectivity index (χ1) is 16.1. The zero-order valence-electron chi connectivity index (χ0n) is 22.2. The number of nitrogens with one attached hydrogen (secondary N) is 2. The van der Waals surface area contributed by atoms with E-state index < -0.39 is 6.04 Å². The van der Waals surface area contributed by atoms with Gasteiger partial charge in [-0.15, -0.1) is 0 Å². The molecule has 0 aromatic rings. The van der Waals surface area contributed by atoms with E-state index in [0.29, 0.717) is 13.1 Å². The zero-order valence-corrected chi connectivity index (χ0v) is 22.2. The summed E-state index contributed by atoms with van der Waals surface area (Å²) in [4.78, 5) is 24.1. The van der Waals surface area contributed by atoms with Crippen molar-refractivity contribution in [3.8, 4) is 0 Å². The molecule has 0 fully saturated rings. The fourth-order valence-corrected chi connectivity index (χ4v) is 4.16. The second kappa shape index (κ2) is 25.5. The van der Waals surface area contributed by atoms with Crippen molar-refractivity contribution in [2.75, 3.05) is 13.1 Å². The molecule has 0 spiro atoms. The second-order valence-corrected chi connectivity index (χ2v) is 9.82. The molecule has 0 aliphatic rings. The predicted molar refractivity (Wildman–Crippen MR) is 142 cm³/mol. The second-order valence-electron chi connectivity index (χ2n) is 9.82. The Kier molecular flexibility index (Phi) is 24.7. The number of carbonyl (C=O) groups excluding carboxylic acids is 2. The summed E-state index contributed by atoms with van der Waals surface area (Å²) in [5.74, 6) is -0.326. The fourth-order valence-electron chi connectivity index (χ4n) is 4.16. The molecule has 0 heterocycles. The van der Waals surface area contributed by atoms with E-state index in [4.69, 9.17) is 5.73 Å². The first-order valence-corrected chi connectivity index (χ1v) is 14.4. The van der Waals surface area contributed by atoms with Crippen LogP contribution in [0.3, 0.4) is 0 Å². The van der Waals surface area contributed by atoms with Crippen LogP contribution in [0.25, 0.3) is 0 Å². The van der Waals surface area contributed by atoms with Crippen molar-refractivity contribution >= 4 is 11.8 Å². The average molecular weight is 468 g/mol. The number of unbranched alkanes of at least 4 members (excludes halogenated alkanes) is 18. The van der Waals surface area contributed by atoms with Gasteiger partial charge in [-0.1, -0.05) is 129 Å². The molecule has 5 nitrogen and oxygen atoms in total. The van der Waals surface area contributed by atoms with Gasteiger partial charge in [-0.25, -0.2) is 0 Å².